The molecular weight excluding hydrogens is 138 g/mol. The number of hydrogen-bond donors (Lipinski definition) is 3. The fourth-order valence-corrected chi connectivity index (χ4v) is 1.21. The first-order valence-electron chi connectivity index (χ1n) is 3.44. The number of benzene rings is 1. The third kappa shape index (κ3) is 0.860. The molecule has 0 saturated carbocycles. The minimum absolute atomic E-state index is 0.924. The smallest absolute Gasteiger partial charge is 0.0727 e. The van der Waals surface area contributed by atoms with Crippen LogP contribution in [0.5, 0.6) is 0 Å². The molecule has 1 aromatic carbocycles. The number of nitrogens with one attached hydrogen (secondary N) is 2. The van der Waals surface area contributed by atoms with Gasteiger partial charge in [-0.25, -0.2) is 0 Å². The molecule has 0 amide bonds. The first-order chi connectivity index (χ1) is 5.42. The van der Waals surface area contributed by atoms with E-state index in [9.17, 15) is 0 Å². The van der Waals surface area contributed by atoms with Crippen molar-refractivity contribution in [3.63, 3.8) is 0 Å². The largest absolute Gasteiger partial charge is 0.359 e. The highest BCUT2D eigenvalue weighted by Crippen LogP contribution is 2.19. The average molecular weight is 147 g/mol. The molecular formula is C8H9N3. The maximum atomic E-state index is 5.31. The number of fused-ring (bicyclic) bond motifs is 1. The van der Waals surface area contributed by atoms with Gasteiger partial charge in [0.1, 0.15) is 0 Å². The Labute approximate surface area is 64.2 Å². The van der Waals surface area contributed by atoms with E-state index in [0.717, 1.165) is 11.2 Å². The Bertz CT molecular complexity index is 364. The van der Waals surface area contributed by atoms with E-state index in [2.05, 4.69) is 10.4 Å². The van der Waals surface area contributed by atoms with Gasteiger partial charge in [0.25, 0.3) is 0 Å². The van der Waals surface area contributed by atoms with E-state index in [1.807, 2.05) is 30.5 Å². The Morgan fingerprint density at radius 2 is 2.18 bits per heavy atom. The Morgan fingerprint density at radius 1 is 1.27 bits per heavy atom. The van der Waals surface area contributed by atoms with Crippen LogP contribution in [0.1, 0.15) is 0 Å². The van der Waals surface area contributed by atoms with Crippen molar-refractivity contribution in [2.75, 3.05) is 5.43 Å². The van der Waals surface area contributed by atoms with Gasteiger partial charge in [0.15, 0.2) is 0 Å². The lowest BCUT2D eigenvalue weighted by atomic mass is 10.2. The summed E-state index contributed by atoms with van der Waals surface area (Å²) in [4.78, 5) is 3.10. The van der Waals surface area contributed by atoms with Crippen molar-refractivity contribution in [3.05, 3.63) is 30.5 Å². The maximum absolute atomic E-state index is 5.31. The van der Waals surface area contributed by atoms with Crippen LogP contribution in [0.15, 0.2) is 30.5 Å². The molecule has 3 nitrogen and oxygen atoms in total. The SMILES string of the molecule is NNc1cccc2cc[nH]c12. The normalized spacial score (nSPS) is 10.3. The second-order valence-corrected chi connectivity index (χ2v) is 2.39. The number of rotatable bonds is 1. The summed E-state index contributed by atoms with van der Waals surface area (Å²) in [6, 6.07) is 7.94. The number of para-hydroxylation sites is 1. The van der Waals surface area contributed by atoms with Gasteiger partial charge in [-0.1, -0.05) is 12.1 Å². The van der Waals surface area contributed by atoms with Gasteiger partial charge in [-0.15, -0.1) is 0 Å². The van der Waals surface area contributed by atoms with Gasteiger partial charge >= 0.3 is 0 Å². The van der Waals surface area contributed by atoms with E-state index in [1.165, 1.54) is 5.39 Å². The number of hydrazine groups is 1. The molecule has 56 valence electrons. The second kappa shape index (κ2) is 2.29. The number of nitrogen functional groups attached to an aromatic ring is 1. The molecule has 0 bridgehead atoms. The minimum Gasteiger partial charge on any atom is -0.359 e. The summed E-state index contributed by atoms with van der Waals surface area (Å²) < 4.78 is 0. The van der Waals surface area contributed by atoms with Gasteiger partial charge in [0.2, 0.25) is 0 Å². The summed E-state index contributed by atoms with van der Waals surface area (Å²) in [5, 5.41) is 1.17. The van der Waals surface area contributed by atoms with Crippen molar-refractivity contribution < 1.29 is 0 Å². The fourth-order valence-electron chi connectivity index (χ4n) is 1.21. The van der Waals surface area contributed by atoms with Gasteiger partial charge in [0.05, 0.1) is 11.2 Å². The van der Waals surface area contributed by atoms with Gasteiger partial charge in [-0.2, -0.15) is 0 Å². The van der Waals surface area contributed by atoms with Gasteiger partial charge in [-0.05, 0) is 12.1 Å². The standard InChI is InChI=1S/C8H9N3/c9-11-7-3-1-2-6-4-5-10-8(6)7/h1-5,10-11H,9H2. The van der Waals surface area contributed by atoms with Crippen LogP contribution in [0.2, 0.25) is 0 Å². The molecule has 2 rings (SSSR count). The molecule has 0 radical (unpaired) electrons. The van der Waals surface area contributed by atoms with Gasteiger partial charge in [-0.3, -0.25) is 5.84 Å². The summed E-state index contributed by atoms with van der Waals surface area (Å²) in [7, 11) is 0. The molecule has 0 aliphatic carbocycles. The van der Waals surface area contributed by atoms with Crippen molar-refractivity contribution in [2.24, 2.45) is 5.84 Å². The van der Waals surface area contributed by atoms with Crippen molar-refractivity contribution in [2.45, 2.75) is 0 Å². The Morgan fingerprint density at radius 3 is 3.00 bits per heavy atom. The van der Waals surface area contributed by atoms with Crippen molar-refractivity contribution in [3.8, 4) is 0 Å². The van der Waals surface area contributed by atoms with E-state index < -0.39 is 0 Å². The molecule has 3 heteroatoms. The van der Waals surface area contributed by atoms with E-state index in [-0.39, 0.29) is 0 Å². The molecule has 1 heterocycles. The molecule has 0 aliphatic rings. The van der Waals surface area contributed by atoms with E-state index >= 15 is 0 Å². The van der Waals surface area contributed by atoms with Crippen LogP contribution in [0.3, 0.4) is 0 Å². The van der Waals surface area contributed by atoms with E-state index in [4.69, 9.17) is 5.84 Å². The average Bonchev–Trinajstić information content (AvgIpc) is 2.50. The van der Waals surface area contributed by atoms with Crippen LogP contribution in [0.25, 0.3) is 10.9 Å². The highest BCUT2D eigenvalue weighted by molar-refractivity contribution is 5.90. The number of aromatic nitrogens is 1. The molecule has 0 unspecified atom stereocenters. The summed E-state index contributed by atoms with van der Waals surface area (Å²) in [6.45, 7) is 0. The number of anilines is 1. The van der Waals surface area contributed by atoms with Crippen LogP contribution >= 0.6 is 0 Å². The lowest BCUT2D eigenvalue weighted by Gasteiger charge is -1.99. The topological polar surface area (TPSA) is 53.8 Å². The quantitative estimate of drug-likeness (QED) is 0.422. The van der Waals surface area contributed by atoms with E-state index in [0.29, 0.717) is 0 Å². The summed E-state index contributed by atoms with van der Waals surface area (Å²) in [6.07, 6.45) is 1.89. The highest BCUT2D eigenvalue weighted by atomic mass is 15.2. The zero-order chi connectivity index (χ0) is 7.68. The van der Waals surface area contributed by atoms with Crippen molar-refractivity contribution in [1.82, 2.24) is 4.98 Å². The predicted molar refractivity (Wildman–Crippen MR) is 46.1 cm³/mol. The Balaban J connectivity index is 2.79. The highest BCUT2D eigenvalue weighted by Gasteiger charge is 1.97. The number of aromatic amines is 1. The molecule has 4 N–H and O–H groups in total. The zero-order valence-corrected chi connectivity index (χ0v) is 5.96. The maximum Gasteiger partial charge on any atom is 0.0727 e. The van der Waals surface area contributed by atoms with Crippen molar-refractivity contribution >= 4 is 16.6 Å². The third-order valence-electron chi connectivity index (χ3n) is 1.74. The minimum atomic E-state index is 0.924. The Hall–Kier alpha value is -1.48. The van der Waals surface area contributed by atoms with Crippen LogP contribution in [0, 0.1) is 0 Å². The van der Waals surface area contributed by atoms with Crippen LogP contribution < -0.4 is 11.3 Å². The number of nitrogens with two attached hydrogens (primary N) is 1. The van der Waals surface area contributed by atoms with Crippen LogP contribution in [-0.4, -0.2) is 4.98 Å². The molecule has 0 saturated heterocycles. The summed E-state index contributed by atoms with van der Waals surface area (Å²) >= 11 is 0. The molecule has 11 heavy (non-hydrogen) atoms. The third-order valence-corrected chi connectivity index (χ3v) is 1.74. The summed E-state index contributed by atoms with van der Waals surface area (Å²) in [5.74, 6) is 5.31. The Kier molecular flexibility index (Phi) is 1.30. The van der Waals surface area contributed by atoms with Crippen LogP contribution in [0.4, 0.5) is 5.69 Å². The van der Waals surface area contributed by atoms with Crippen LogP contribution in [-0.2, 0) is 0 Å². The second-order valence-electron chi connectivity index (χ2n) is 2.39. The van der Waals surface area contributed by atoms with Gasteiger partial charge in [0, 0.05) is 11.6 Å². The summed E-state index contributed by atoms with van der Waals surface area (Å²) in [5.41, 5.74) is 4.60. The predicted octanol–water partition coefficient (Wildman–Crippen LogP) is 1.45. The number of hydrogen-bond acceptors (Lipinski definition) is 2. The lowest BCUT2D eigenvalue weighted by molar-refractivity contribution is 1.35. The number of H-pyrrole nitrogens is 1. The fraction of sp³-hybridized carbons (Fsp3) is 0. The molecule has 1 aromatic heterocycles. The van der Waals surface area contributed by atoms with Gasteiger partial charge < -0.3 is 10.4 Å². The molecule has 0 fully saturated rings. The molecule has 2 aromatic rings. The van der Waals surface area contributed by atoms with Crippen molar-refractivity contribution in [1.29, 1.82) is 0 Å². The lowest BCUT2D eigenvalue weighted by Crippen LogP contribution is -2.06. The zero-order valence-electron chi connectivity index (χ0n) is 5.96. The first kappa shape index (κ1) is 6.24. The molecule has 0 aliphatic heterocycles. The monoisotopic (exact) mass is 147 g/mol. The molecule has 0 atom stereocenters. The van der Waals surface area contributed by atoms with E-state index in [1.54, 1.807) is 0 Å². The first-order valence-corrected chi connectivity index (χ1v) is 3.44. The molecule has 0 spiro atoms.